The van der Waals surface area contributed by atoms with E-state index >= 15 is 0 Å². The first-order valence-corrected chi connectivity index (χ1v) is 14.6. The number of allylic oxidation sites excluding steroid dienone is 3. The monoisotopic (exact) mass is 670 g/mol. The number of halogens is 6. The summed E-state index contributed by atoms with van der Waals surface area (Å²) in [7, 11) is 2.04. The highest BCUT2D eigenvalue weighted by Gasteiger charge is 2.28. The minimum Gasteiger partial charge on any atom is -0.412 e. The van der Waals surface area contributed by atoms with Gasteiger partial charge in [0.25, 0.3) is 11.8 Å². The van der Waals surface area contributed by atoms with Crippen LogP contribution in [0.15, 0.2) is 54.3 Å². The fourth-order valence-electron chi connectivity index (χ4n) is 3.66. The van der Waals surface area contributed by atoms with Crippen LogP contribution in [0.2, 0.25) is 0 Å². The average molecular weight is 671 g/mol. The van der Waals surface area contributed by atoms with Crippen LogP contribution in [-0.4, -0.2) is 94.6 Å². The Balaban J connectivity index is 0. The van der Waals surface area contributed by atoms with Crippen molar-refractivity contribution in [2.24, 2.45) is 0 Å². The SMILES string of the molecule is C/C=C/NC(=O)C(=C\c1[nH]c(C)c(C(=O)N2CCN(C)CC2)c1C)/C=C/CSC/C=C/CC(F)(F)F.C=C(C)C(F)(F)F.O.O. The molecule has 15 heteroatoms. The van der Waals surface area contributed by atoms with E-state index in [1.54, 1.807) is 37.4 Å². The smallest absolute Gasteiger partial charge is 0.411 e. The summed E-state index contributed by atoms with van der Waals surface area (Å²) in [5.74, 6) is 0.648. The van der Waals surface area contributed by atoms with Gasteiger partial charge in [-0.05, 0) is 52.6 Å². The minimum atomic E-state index is -4.19. The Hall–Kier alpha value is -3.27. The van der Waals surface area contributed by atoms with Crippen LogP contribution >= 0.6 is 11.8 Å². The molecule has 1 aliphatic rings. The number of nitrogens with one attached hydrogen (secondary N) is 2. The molecule has 0 spiro atoms. The largest absolute Gasteiger partial charge is 0.412 e. The van der Waals surface area contributed by atoms with Crippen LogP contribution in [-0.2, 0) is 4.79 Å². The number of carbonyl (C=O) groups excluding carboxylic acids is 2. The zero-order valence-corrected chi connectivity index (χ0v) is 26.9. The lowest BCUT2D eigenvalue weighted by Gasteiger charge is -2.32. The molecule has 1 saturated heterocycles. The lowest BCUT2D eigenvalue weighted by atomic mass is 10.1. The van der Waals surface area contributed by atoms with Crippen molar-refractivity contribution >= 4 is 29.7 Å². The van der Waals surface area contributed by atoms with E-state index in [2.05, 4.69) is 21.8 Å². The molecule has 1 aromatic heterocycles. The van der Waals surface area contributed by atoms with E-state index in [-0.39, 0.29) is 22.8 Å². The Labute approximate surface area is 264 Å². The Morgan fingerprint density at radius 3 is 2.07 bits per heavy atom. The minimum absolute atomic E-state index is 0. The van der Waals surface area contributed by atoms with Gasteiger partial charge in [0.2, 0.25) is 0 Å². The molecule has 0 saturated carbocycles. The normalized spacial score (nSPS) is 14.6. The average Bonchev–Trinajstić information content (AvgIpc) is 3.19. The predicted molar refractivity (Wildman–Crippen MR) is 169 cm³/mol. The summed E-state index contributed by atoms with van der Waals surface area (Å²) >= 11 is 1.44. The number of rotatable bonds is 10. The van der Waals surface area contributed by atoms with E-state index in [0.29, 0.717) is 41.4 Å². The van der Waals surface area contributed by atoms with E-state index in [9.17, 15) is 35.9 Å². The van der Waals surface area contributed by atoms with Crippen molar-refractivity contribution in [3.63, 3.8) is 0 Å². The van der Waals surface area contributed by atoms with Crippen molar-refractivity contribution in [3.8, 4) is 0 Å². The van der Waals surface area contributed by atoms with Crippen LogP contribution in [0.25, 0.3) is 6.08 Å². The van der Waals surface area contributed by atoms with E-state index < -0.39 is 24.3 Å². The first kappa shape index (κ1) is 43.9. The molecule has 1 aromatic rings. The van der Waals surface area contributed by atoms with Crippen molar-refractivity contribution in [2.75, 3.05) is 44.7 Å². The van der Waals surface area contributed by atoms with E-state index in [0.717, 1.165) is 37.3 Å². The fraction of sp³-hybridized carbons (Fsp3) is 0.467. The molecule has 0 aromatic carbocycles. The molecule has 0 aliphatic carbocycles. The van der Waals surface area contributed by atoms with Crippen molar-refractivity contribution < 1.29 is 46.9 Å². The quantitative estimate of drug-likeness (QED) is 0.115. The molecule has 2 heterocycles. The maximum absolute atomic E-state index is 13.2. The van der Waals surface area contributed by atoms with Gasteiger partial charge in [0.15, 0.2) is 0 Å². The molecule has 256 valence electrons. The molecule has 2 rings (SSSR count). The summed E-state index contributed by atoms with van der Waals surface area (Å²) < 4.78 is 69.8. The summed E-state index contributed by atoms with van der Waals surface area (Å²) in [5.41, 5.74) is 2.48. The summed E-state index contributed by atoms with van der Waals surface area (Å²) in [6.45, 7) is 12.2. The number of thioether (sulfide) groups is 1. The standard InChI is InChI=1S/C26H35F3N4O2S.C4H5F3.2H2O/c1-5-11-30-24(34)21(9-8-17-36-16-7-6-10-26(27,28)29)18-22-19(2)23(20(3)31-22)25(35)33-14-12-32(4)13-15-33;1-3(2)4(5,6)7;;/h5-9,11,18,31H,10,12-17H2,1-4H3,(H,30,34);1H2,2H3;2*1H2/b7-6+,9-8+,11-5+,21-18-;;;. The predicted octanol–water partition coefficient (Wildman–Crippen LogP) is 5.33. The number of alkyl halides is 6. The second kappa shape index (κ2) is 20.7. The maximum Gasteiger partial charge on any atom is 0.411 e. The van der Waals surface area contributed by atoms with Crippen LogP contribution in [0.4, 0.5) is 26.3 Å². The number of likely N-dealkylation sites (N-methyl/N-ethyl adjacent to an activating group) is 1. The van der Waals surface area contributed by atoms with Gasteiger partial charge in [-0.2, -0.15) is 38.1 Å². The van der Waals surface area contributed by atoms with E-state index in [1.165, 1.54) is 17.8 Å². The molecule has 2 amide bonds. The number of piperazine rings is 1. The van der Waals surface area contributed by atoms with Gasteiger partial charge >= 0.3 is 12.4 Å². The molecule has 0 bridgehead atoms. The summed E-state index contributed by atoms with van der Waals surface area (Å²) in [6, 6.07) is 0. The number of hydrogen-bond acceptors (Lipinski definition) is 4. The number of H-pyrrole nitrogens is 1. The molecule has 1 fully saturated rings. The van der Waals surface area contributed by atoms with Gasteiger partial charge < -0.3 is 31.1 Å². The van der Waals surface area contributed by atoms with Crippen LogP contribution in [0.3, 0.4) is 0 Å². The van der Waals surface area contributed by atoms with Crippen molar-refractivity contribution in [2.45, 2.75) is 46.5 Å². The number of aryl methyl sites for hydroxylation is 1. The number of amides is 2. The van der Waals surface area contributed by atoms with Gasteiger partial charge in [0.1, 0.15) is 0 Å². The number of aromatic nitrogens is 1. The van der Waals surface area contributed by atoms with Gasteiger partial charge in [-0.3, -0.25) is 9.59 Å². The van der Waals surface area contributed by atoms with Gasteiger partial charge in [-0.1, -0.05) is 37.0 Å². The van der Waals surface area contributed by atoms with Gasteiger partial charge in [-0.25, -0.2) is 0 Å². The summed E-state index contributed by atoms with van der Waals surface area (Å²) in [5, 5.41) is 2.70. The first-order valence-electron chi connectivity index (χ1n) is 13.5. The van der Waals surface area contributed by atoms with Gasteiger partial charge in [0.05, 0.1) is 12.0 Å². The third-order valence-electron chi connectivity index (χ3n) is 6.15. The Morgan fingerprint density at radius 1 is 1.00 bits per heavy atom. The van der Waals surface area contributed by atoms with Crippen molar-refractivity contribution in [3.05, 3.63) is 76.8 Å². The van der Waals surface area contributed by atoms with E-state index in [4.69, 9.17) is 0 Å². The highest BCUT2D eigenvalue weighted by Crippen LogP contribution is 2.24. The lowest BCUT2D eigenvalue weighted by Crippen LogP contribution is -2.47. The number of carbonyl (C=O) groups is 2. The zero-order chi connectivity index (χ0) is 32.8. The Bertz CT molecular complexity index is 1210. The molecular formula is C30H44F6N4O4S. The number of nitrogens with zero attached hydrogens (tertiary/aromatic N) is 2. The van der Waals surface area contributed by atoms with Gasteiger partial charge in [0, 0.05) is 60.2 Å². The fourth-order valence-corrected chi connectivity index (χ4v) is 4.30. The second-order valence-electron chi connectivity index (χ2n) is 9.84. The van der Waals surface area contributed by atoms with E-state index in [1.807, 2.05) is 25.8 Å². The molecule has 45 heavy (non-hydrogen) atoms. The second-order valence-corrected chi connectivity index (χ2v) is 10.9. The highest BCUT2D eigenvalue weighted by molar-refractivity contribution is 7.99. The molecular weight excluding hydrogens is 626 g/mol. The third kappa shape index (κ3) is 16.6. The Morgan fingerprint density at radius 2 is 1.56 bits per heavy atom. The molecule has 0 atom stereocenters. The highest BCUT2D eigenvalue weighted by atomic mass is 32.2. The number of aromatic amines is 1. The molecule has 8 nitrogen and oxygen atoms in total. The molecule has 1 aliphatic heterocycles. The lowest BCUT2D eigenvalue weighted by molar-refractivity contribution is -0.125. The maximum atomic E-state index is 13.2. The first-order chi connectivity index (χ1) is 20.0. The van der Waals surface area contributed by atoms with Crippen molar-refractivity contribution in [1.82, 2.24) is 20.1 Å². The molecule has 0 unspecified atom stereocenters. The zero-order valence-electron chi connectivity index (χ0n) is 26.1. The van der Waals surface area contributed by atoms with Crippen LogP contribution < -0.4 is 5.32 Å². The Kier molecular flexibility index (Phi) is 20.2. The van der Waals surface area contributed by atoms with Gasteiger partial charge in [-0.15, -0.1) is 0 Å². The number of hydrogen-bond donors (Lipinski definition) is 2. The summed E-state index contributed by atoms with van der Waals surface area (Å²) in [6.07, 6.45) is 1.73. The topological polar surface area (TPSA) is 131 Å². The van der Waals surface area contributed by atoms with Crippen molar-refractivity contribution in [1.29, 1.82) is 0 Å². The third-order valence-corrected chi connectivity index (χ3v) is 7.01. The molecule has 6 N–H and O–H groups in total. The summed E-state index contributed by atoms with van der Waals surface area (Å²) in [4.78, 5) is 33.2. The van der Waals surface area contributed by atoms with Crippen LogP contribution in [0, 0.1) is 13.8 Å². The molecule has 0 radical (unpaired) electrons. The van der Waals surface area contributed by atoms with Crippen LogP contribution in [0.1, 0.15) is 47.6 Å². The van der Waals surface area contributed by atoms with Crippen LogP contribution in [0.5, 0.6) is 0 Å².